The lowest BCUT2D eigenvalue weighted by Gasteiger charge is -2.19. The number of carbonyl (C=O) groups excluding carboxylic acids is 2. The summed E-state index contributed by atoms with van der Waals surface area (Å²) in [5.74, 6) is -2.07. The minimum atomic E-state index is -1.18. The minimum Gasteiger partial charge on any atom is -0.475 e. The maximum atomic E-state index is 12.7. The molecule has 2 aliphatic rings. The van der Waals surface area contributed by atoms with Crippen molar-refractivity contribution in [3.05, 3.63) is 83.3 Å². The Morgan fingerprint density at radius 2 is 1.63 bits per heavy atom. The topological polar surface area (TPSA) is 127 Å². The summed E-state index contributed by atoms with van der Waals surface area (Å²) in [5.41, 5.74) is 4.52. The molecule has 2 heterocycles. The summed E-state index contributed by atoms with van der Waals surface area (Å²) >= 11 is 0. The van der Waals surface area contributed by atoms with Crippen molar-refractivity contribution >= 4 is 18.0 Å². The number of benzene rings is 2. The van der Waals surface area contributed by atoms with Gasteiger partial charge < -0.3 is 29.6 Å². The van der Waals surface area contributed by atoms with Gasteiger partial charge in [-0.2, -0.15) is 0 Å². The van der Waals surface area contributed by atoms with Crippen LogP contribution in [0.3, 0.4) is 0 Å². The van der Waals surface area contributed by atoms with E-state index in [-0.39, 0.29) is 44.0 Å². The van der Waals surface area contributed by atoms with Gasteiger partial charge in [-0.25, -0.2) is 9.59 Å². The maximum Gasteiger partial charge on any atom is 0.407 e. The van der Waals surface area contributed by atoms with Gasteiger partial charge in [0.15, 0.2) is 0 Å². The van der Waals surface area contributed by atoms with Crippen molar-refractivity contribution in [3.63, 3.8) is 0 Å². The van der Waals surface area contributed by atoms with Gasteiger partial charge in [0.2, 0.25) is 11.7 Å². The summed E-state index contributed by atoms with van der Waals surface area (Å²) in [6, 6.07) is 18.4. The molecule has 35 heavy (non-hydrogen) atoms. The van der Waals surface area contributed by atoms with E-state index in [1.165, 1.54) is 12.1 Å². The van der Waals surface area contributed by atoms with Crippen molar-refractivity contribution in [2.24, 2.45) is 5.92 Å². The summed E-state index contributed by atoms with van der Waals surface area (Å²) in [5, 5.41) is 14.4. The van der Waals surface area contributed by atoms with Crippen LogP contribution in [0.2, 0.25) is 0 Å². The van der Waals surface area contributed by atoms with Crippen LogP contribution >= 0.6 is 0 Å². The Labute approximate surface area is 201 Å². The molecule has 0 radical (unpaired) electrons. The quantitative estimate of drug-likeness (QED) is 0.478. The van der Waals surface area contributed by atoms with Gasteiger partial charge in [-0.15, -0.1) is 0 Å². The van der Waals surface area contributed by atoms with Crippen LogP contribution in [0.25, 0.3) is 11.1 Å². The van der Waals surface area contributed by atoms with E-state index in [9.17, 15) is 14.4 Å². The molecule has 1 saturated heterocycles. The molecule has 0 saturated carbocycles. The van der Waals surface area contributed by atoms with E-state index in [1.807, 2.05) is 36.4 Å². The fraction of sp³-hybridized carbons (Fsp3) is 0.269. The fourth-order valence-electron chi connectivity index (χ4n) is 4.64. The summed E-state index contributed by atoms with van der Waals surface area (Å²) in [4.78, 5) is 36.2. The van der Waals surface area contributed by atoms with Gasteiger partial charge >= 0.3 is 12.1 Å². The number of fused-ring (bicyclic) bond motifs is 3. The lowest BCUT2D eigenvalue weighted by Crippen LogP contribution is -2.46. The normalized spacial score (nSPS) is 18.5. The van der Waals surface area contributed by atoms with Crippen LogP contribution < -0.4 is 10.6 Å². The van der Waals surface area contributed by atoms with E-state index in [0.29, 0.717) is 5.76 Å². The van der Waals surface area contributed by atoms with Crippen LogP contribution in [0.15, 0.2) is 65.1 Å². The first kappa shape index (κ1) is 22.7. The Hall–Kier alpha value is -4.11. The van der Waals surface area contributed by atoms with E-state index in [0.717, 1.165) is 22.3 Å². The van der Waals surface area contributed by atoms with Gasteiger partial charge in [-0.1, -0.05) is 48.5 Å². The third-order valence-electron chi connectivity index (χ3n) is 6.37. The summed E-state index contributed by atoms with van der Waals surface area (Å²) < 4.78 is 16.1. The standard InChI is InChI=1S/C26H24N2O7/c29-24(27-11-15-9-10-23(35-15)25(30)31)21-12-33-14-22(21)28-26(32)34-13-20-18-7-3-1-5-16(18)17-6-2-4-8-19(17)20/h1-10,20-22H,11-14H2,(H,27,29)(H,28,32)(H,30,31). The first-order valence-corrected chi connectivity index (χ1v) is 11.3. The van der Waals surface area contributed by atoms with Gasteiger partial charge in [-0.05, 0) is 34.4 Å². The zero-order valence-corrected chi connectivity index (χ0v) is 18.7. The molecule has 3 N–H and O–H groups in total. The molecule has 0 spiro atoms. The number of hydrogen-bond acceptors (Lipinski definition) is 6. The van der Waals surface area contributed by atoms with Crippen LogP contribution in [0.1, 0.15) is 33.4 Å². The molecule has 2 unspecified atom stereocenters. The second-order valence-corrected chi connectivity index (χ2v) is 8.51. The molecule has 1 aliphatic heterocycles. The van der Waals surface area contributed by atoms with Crippen LogP contribution in [0.5, 0.6) is 0 Å². The highest BCUT2D eigenvalue weighted by molar-refractivity contribution is 5.84. The van der Waals surface area contributed by atoms with Gasteiger partial charge in [0.05, 0.1) is 31.7 Å². The Balaban J connectivity index is 1.16. The number of nitrogens with one attached hydrogen (secondary N) is 2. The molecule has 1 aromatic heterocycles. The third-order valence-corrected chi connectivity index (χ3v) is 6.37. The summed E-state index contributed by atoms with van der Waals surface area (Å²) in [7, 11) is 0. The molecule has 9 heteroatoms. The Kier molecular flexibility index (Phi) is 6.24. The minimum absolute atomic E-state index is 0.0281. The van der Waals surface area contributed by atoms with E-state index in [4.69, 9.17) is 19.0 Å². The van der Waals surface area contributed by atoms with Crippen molar-refractivity contribution in [1.29, 1.82) is 0 Å². The molecule has 1 aliphatic carbocycles. The average molecular weight is 476 g/mol. The molecule has 3 aromatic rings. The van der Waals surface area contributed by atoms with Crippen molar-refractivity contribution in [2.45, 2.75) is 18.5 Å². The molecule has 1 fully saturated rings. The lowest BCUT2D eigenvalue weighted by atomic mass is 9.98. The summed E-state index contributed by atoms with van der Waals surface area (Å²) in [6.07, 6.45) is -0.614. The number of carboxylic acid groups (broad SMARTS) is 1. The van der Waals surface area contributed by atoms with Crippen LogP contribution in [0, 0.1) is 5.92 Å². The smallest absolute Gasteiger partial charge is 0.407 e. The Bertz CT molecular complexity index is 1220. The number of aromatic carboxylic acids is 1. The predicted molar refractivity (Wildman–Crippen MR) is 124 cm³/mol. The lowest BCUT2D eigenvalue weighted by molar-refractivity contribution is -0.125. The molecule has 2 atom stereocenters. The maximum absolute atomic E-state index is 12.7. The van der Waals surface area contributed by atoms with Gasteiger partial charge in [0.1, 0.15) is 12.4 Å². The fourth-order valence-corrected chi connectivity index (χ4v) is 4.64. The highest BCUT2D eigenvalue weighted by atomic mass is 16.5. The van der Waals surface area contributed by atoms with E-state index >= 15 is 0 Å². The SMILES string of the molecule is O=C(NC1COCC1C(=O)NCc1ccc(C(=O)O)o1)OCC1c2ccccc2-c2ccccc21. The number of hydrogen-bond donors (Lipinski definition) is 3. The average Bonchev–Trinajstić information content (AvgIpc) is 3.59. The van der Waals surface area contributed by atoms with Gasteiger partial charge in [0.25, 0.3) is 0 Å². The molecule has 180 valence electrons. The highest BCUT2D eigenvalue weighted by Crippen LogP contribution is 2.44. The van der Waals surface area contributed by atoms with Crippen molar-refractivity contribution in [3.8, 4) is 11.1 Å². The van der Waals surface area contributed by atoms with Gasteiger partial charge in [-0.3, -0.25) is 4.79 Å². The number of alkyl carbamates (subject to hydrolysis) is 1. The van der Waals surface area contributed by atoms with E-state index < -0.39 is 24.0 Å². The first-order chi connectivity index (χ1) is 17.0. The van der Waals surface area contributed by atoms with Crippen molar-refractivity contribution in [1.82, 2.24) is 10.6 Å². The van der Waals surface area contributed by atoms with Crippen LogP contribution in [-0.4, -0.2) is 48.9 Å². The number of furan rings is 1. The second kappa shape index (κ2) is 9.63. The number of rotatable bonds is 7. The Morgan fingerprint density at radius 1 is 0.943 bits per heavy atom. The highest BCUT2D eigenvalue weighted by Gasteiger charge is 2.36. The molecule has 2 aromatic carbocycles. The number of amides is 2. The zero-order valence-electron chi connectivity index (χ0n) is 18.7. The molecule has 2 amide bonds. The largest absolute Gasteiger partial charge is 0.475 e. The van der Waals surface area contributed by atoms with Crippen molar-refractivity contribution in [2.75, 3.05) is 19.8 Å². The van der Waals surface area contributed by atoms with Crippen LogP contribution in [0.4, 0.5) is 4.79 Å². The number of ether oxygens (including phenoxy) is 2. The van der Waals surface area contributed by atoms with Crippen LogP contribution in [-0.2, 0) is 20.8 Å². The molecular weight excluding hydrogens is 452 g/mol. The monoisotopic (exact) mass is 476 g/mol. The molecule has 5 rings (SSSR count). The molecule has 0 bridgehead atoms. The molecular formula is C26H24N2O7. The Morgan fingerprint density at radius 3 is 2.29 bits per heavy atom. The van der Waals surface area contributed by atoms with Crippen molar-refractivity contribution < 1.29 is 33.4 Å². The summed E-state index contributed by atoms with van der Waals surface area (Å²) in [6.45, 7) is 0.542. The zero-order chi connectivity index (χ0) is 24.4. The second-order valence-electron chi connectivity index (χ2n) is 8.51. The van der Waals surface area contributed by atoms with E-state index in [2.05, 4.69) is 22.8 Å². The van der Waals surface area contributed by atoms with E-state index in [1.54, 1.807) is 0 Å². The number of carboxylic acids is 1. The van der Waals surface area contributed by atoms with Gasteiger partial charge in [0, 0.05) is 5.92 Å². The first-order valence-electron chi connectivity index (χ1n) is 11.3. The predicted octanol–water partition coefficient (Wildman–Crippen LogP) is 3.15. The molecule has 9 nitrogen and oxygen atoms in total. The third kappa shape index (κ3) is 4.63. The number of carbonyl (C=O) groups is 3.